The van der Waals surface area contributed by atoms with Crippen LogP contribution in [0.25, 0.3) is 11.0 Å². The van der Waals surface area contributed by atoms with Gasteiger partial charge < -0.3 is 8.98 Å². The molecule has 3 heterocycles. The van der Waals surface area contributed by atoms with E-state index in [9.17, 15) is 13.2 Å². The molecule has 4 rings (SSSR count). The number of ketones is 1. The van der Waals surface area contributed by atoms with Crippen LogP contribution in [0.5, 0.6) is 0 Å². The van der Waals surface area contributed by atoms with Gasteiger partial charge in [-0.15, -0.1) is 0 Å². The average Bonchev–Trinajstić information content (AvgIpc) is 3.34. The molecule has 1 saturated heterocycles. The summed E-state index contributed by atoms with van der Waals surface area (Å²) in [6, 6.07) is 9.83. The van der Waals surface area contributed by atoms with Crippen LogP contribution in [0, 0.1) is 13.8 Å². The number of hydrogen-bond donors (Lipinski definition) is 0. The van der Waals surface area contributed by atoms with Crippen LogP contribution in [0.3, 0.4) is 0 Å². The van der Waals surface area contributed by atoms with Gasteiger partial charge in [0.1, 0.15) is 11.3 Å². The van der Waals surface area contributed by atoms with E-state index in [0.29, 0.717) is 18.5 Å². The largest absolute Gasteiger partial charge is 0.461 e. The van der Waals surface area contributed by atoms with Crippen molar-refractivity contribution in [1.29, 1.82) is 0 Å². The fraction of sp³-hybridized carbons (Fsp3) is 0.458. The van der Waals surface area contributed by atoms with E-state index in [1.165, 1.54) is 0 Å². The third-order valence-electron chi connectivity index (χ3n) is 6.30. The molecule has 0 N–H and O–H groups in total. The lowest BCUT2D eigenvalue weighted by Gasteiger charge is -2.18. The molecule has 1 atom stereocenters. The molecule has 2 aromatic heterocycles. The number of carbonyl (C=O) groups excluding carboxylic acids is 1. The number of likely N-dealkylation sites (N-methyl/N-ethyl adjacent to an activating group) is 1. The van der Waals surface area contributed by atoms with E-state index in [2.05, 4.69) is 13.0 Å². The number of Topliss-reactive ketones (excluding diaryl/α,β-unsaturated/α-hetero) is 1. The highest BCUT2D eigenvalue weighted by Crippen LogP contribution is 2.30. The van der Waals surface area contributed by atoms with Crippen LogP contribution in [0.4, 0.5) is 0 Å². The Labute approximate surface area is 183 Å². The normalized spacial score (nSPS) is 18.3. The number of fused-ring (bicyclic) bond motifs is 1. The van der Waals surface area contributed by atoms with Gasteiger partial charge in [-0.25, -0.2) is 8.42 Å². The Bertz CT molecular complexity index is 1240. The molecule has 1 aliphatic rings. The van der Waals surface area contributed by atoms with E-state index in [1.54, 1.807) is 0 Å². The molecule has 31 heavy (non-hydrogen) atoms. The van der Waals surface area contributed by atoms with Gasteiger partial charge in [0.15, 0.2) is 15.6 Å². The van der Waals surface area contributed by atoms with Crippen molar-refractivity contribution >= 4 is 26.6 Å². The molecule has 0 saturated carbocycles. The minimum Gasteiger partial charge on any atom is -0.461 e. The number of aromatic nitrogens is 1. The van der Waals surface area contributed by atoms with Gasteiger partial charge in [-0.3, -0.25) is 9.69 Å². The van der Waals surface area contributed by atoms with Crippen molar-refractivity contribution in [1.82, 2.24) is 9.47 Å². The number of carbonyl (C=O) groups is 1. The molecule has 166 valence electrons. The number of benzene rings is 1. The van der Waals surface area contributed by atoms with Gasteiger partial charge in [-0.2, -0.15) is 0 Å². The zero-order valence-electron chi connectivity index (χ0n) is 18.6. The summed E-state index contributed by atoms with van der Waals surface area (Å²) in [7, 11) is -1.04. The van der Waals surface area contributed by atoms with E-state index in [0.717, 1.165) is 40.1 Å². The third kappa shape index (κ3) is 4.21. The molecule has 1 aromatic carbocycles. The SMILES string of the molecule is CCc1oc2ccccc2c1CN(C)CC(=O)c1cc(C)n(C2CCS(=O)(=O)C2)c1C. The van der Waals surface area contributed by atoms with Crippen LogP contribution in [-0.2, 0) is 22.8 Å². The van der Waals surface area contributed by atoms with Crippen LogP contribution in [0.2, 0.25) is 0 Å². The van der Waals surface area contributed by atoms with E-state index in [1.807, 2.05) is 54.6 Å². The van der Waals surface area contributed by atoms with Crippen molar-refractivity contribution in [3.63, 3.8) is 0 Å². The smallest absolute Gasteiger partial charge is 0.178 e. The minimum absolute atomic E-state index is 0.0496. The van der Waals surface area contributed by atoms with Gasteiger partial charge in [0.05, 0.1) is 18.1 Å². The number of nitrogens with zero attached hydrogens (tertiary/aromatic N) is 2. The highest BCUT2D eigenvalue weighted by molar-refractivity contribution is 7.91. The van der Waals surface area contributed by atoms with Gasteiger partial charge in [-0.1, -0.05) is 25.1 Å². The number of rotatable bonds is 7. The quantitative estimate of drug-likeness (QED) is 0.516. The minimum atomic E-state index is -2.98. The highest BCUT2D eigenvalue weighted by Gasteiger charge is 2.31. The third-order valence-corrected chi connectivity index (χ3v) is 8.05. The molecule has 1 unspecified atom stereocenters. The zero-order valence-corrected chi connectivity index (χ0v) is 19.5. The van der Waals surface area contributed by atoms with Crippen LogP contribution in [-0.4, -0.2) is 48.8 Å². The van der Waals surface area contributed by atoms with Crippen molar-refractivity contribution in [3.05, 3.63) is 58.6 Å². The van der Waals surface area contributed by atoms with Gasteiger partial charge in [-0.05, 0) is 39.4 Å². The monoisotopic (exact) mass is 442 g/mol. The van der Waals surface area contributed by atoms with Gasteiger partial charge in [0.25, 0.3) is 0 Å². The van der Waals surface area contributed by atoms with Crippen LogP contribution < -0.4 is 0 Å². The zero-order chi connectivity index (χ0) is 22.3. The molecular formula is C24H30N2O4S. The van der Waals surface area contributed by atoms with Crippen molar-refractivity contribution in [2.24, 2.45) is 0 Å². The van der Waals surface area contributed by atoms with E-state index >= 15 is 0 Å². The van der Waals surface area contributed by atoms with Crippen LogP contribution in [0.1, 0.15) is 52.5 Å². The molecular weight excluding hydrogens is 412 g/mol. The Balaban J connectivity index is 1.52. The summed E-state index contributed by atoms with van der Waals surface area (Å²) in [5, 5.41) is 1.10. The maximum atomic E-state index is 13.1. The van der Waals surface area contributed by atoms with E-state index < -0.39 is 9.84 Å². The summed E-state index contributed by atoms with van der Waals surface area (Å²) >= 11 is 0. The fourth-order valence-corrected chi connectivity index (χ4v) is 6.56. The lowest BCUT2D eigenvalue weighted by molar-refractivity contribution is 0.0942. The molecule has 7 heteroatoms. The lowest BCUT2D eigenvalue weighted by Crippen LogP contribution is -2.26. The second-order valence-electron chi connectivity index (χ2n) is 8.66. The molecule has 0 amide bonds. The average molecular weight is 443 g/mol. The number of para-hydroxylation sites is 1. The van der Waals surface area contributed by atoms with Crippen molar-refractivity contribution in [3.8, 4) is 0 Å². The fourth-order valence-electron chi connectivity index (χ4n) is 4.86. The highest BCUT2D eigenvalue weighted by atomic mass is 32.2. The number of aryl methyl sites for hydroxylation is 2. The first kappa shape index (κ1) is 21.8. The first-order valence-corrected chi connectivity index (χ1v) is 12.6. The molecule has 0 bridgehead atoms. The van der Waals surface area contributed by atoms with Crippen molar-refractivity contribution in [2.45, 2.75) is 46.2 Å². The summed E-state index contributed by atoms with van der Waals surface area (Å²) in [6.07, 6.45) is 1.41. The van der Waals surface area contributed by atoms with Gasteiger partial charge in [0, 0.05) is 46.9 Å². The maximum Gasteiger partial charge on any atom is 0.178 e. The van der Waals surface area contributed by atoms with Crippen molar-refractivity contribution in [2.75, 3.05) is 25.1 Å². The topological polar surface area (TPSA) is 72.5 Å². The van der Waals surface area contributed by atoms with Crippen LogP contribution in [0.15, 0.2) is 34.7 Å². The number of furan rings is 1. The van der Waals surface area contributed by atoms with Crippen molar-refractivity contribution < 1.29 is 17.6 Å². The molecule has 0 spiro atoms. The van der Waals surface area contributed by atoms with Crippen LogP contribution >= 0.6 is 0 Å². The van der Waals surface area contributed by atoms with E-state index in [4.69, 9.17) is 4.42 Å². The Hall–Kier alpha value is -2.38. The predicted molar refractivity (Wildman–Crippen MR) is 122 cm³/mol. The Morgan fingerprint density at radius 3 is 2.68 bits per heavy atom. The summed E-state index contributed by atoms with van der Waals surface area (Å²) < 4.78 is 31.9. The second-order valence-corrected chi connectivity index (χ2v) is 10.9. The van der Waals surface area contributed by atoms with Gasteiger partial charge in [0.2, 0.25) is 0 Å². The summed E-state index contributed by atoms with van der Waals surface area (Å²) in [5.41, 5.74) is 4.50. The molecule has 0 aliphatic carbocycles. The Morgan fingerprint density at radius 1 is 1.26 bits per heavy atom. The first-order valence-electron chi connectivity index (χ1n) is 10.8. The van der Waals surface area contributed by atoms with E-state index in [-0.39, 0.29) is 29.9 Å². The first-order chi connectivity index (χ1) is 14.7. The summed E-state index contributed by atoms with van der Waals surface area (Å²) in [5.74, 6) is 1.39. The van der Waals surface area contributed by atoms with Gasteiger partial charge >= 0.3 is 0 Å². The second kappa shape index (κ2) is 8.28. The number of sulfone groups is 1. The number of hydrogen-bond acceptors (Lipinski definition) is 5. The molecule has 1 aliphatic heterocycles. The Kier molecular flexibility index (Phi) is 5.83. The molecule has 3 aromatic rings. The summed E-state index contributed by atoms with van der Waals surface area (Å²) in [4.78, 5) is 15.2. The predicted octanol–water partition coefficient (Wildman–Crippen LogP) is 4.09. The Morgan fingerprint density at radius 2 is 2.00 bits per heavy atom. The summed E-state index contributed by atoms with van der Waals surface area (Å²) in [6.45, 7) is 6.86. The molecule has 6 nitrogen and oxygen atoms in total. The standard InChI is InChI=1S/C24H30N2O4S/c1-5-23-21(19-8-6-7-9-24(19)30-23)13-25(4)14-22(27)20-12-16(2)26(17(20)3)18-10-11-31(28,29)15-18/h6-9,12,18H,5,10-11,13-15H2,1-4H3. The molecule has 1 fully saturated rings. The maximum absolute atomic E-state index is 13.1. The molecule has 0 radical (unpaired) electrons. The lowest BCUT2D eigenvalue weighted by atomic mass is 10.1.